The minimum atomic E-state index is -4.97. The van der Waals surface area contributed by atoms with Gasteiger partial charge < -0.3 is 33.8 Å². The Bertz CT molecular complexity index is 2030. The SMILES string of the molecule is CCCCCCCCCCCCCCCCCCCCCCCCC(=O)OC[C@H](COP(=O)(O)OC[C@@H](O)COP(=O)(O)OC[C@@H](COC(=O)CCCCCCCCCCCC)OC(=O)CCCCCCCCCCCC(C)C)OC(=O)CCCCCCCCCCCCCCCCCCCCC(C)CC. The van der Waals surface area contributed by atoms with Crippen molar-refractivity contribution in [2.45, 2.75) is 484 Å². The van der Waals surface area contributed by atoms with Gasteiger partial charge in [-0.25, -0.2) is 9.13 Å². The van der Waals surface area contributed by atoms with Crippen LogP contribution in [0.5, 0.6) is 0 Å². The van der Waals surface area contributed by atoms with Crippen LogP contribution >= 0.6 is 15.6 Å². The molecule has 0 spiro atoms. The van der Waals surface area contributed by atoms with Crippen molar-refractivity contribution >= 4 is 39.5 Å². The van der Waals surface area contributed by atoms with Gasteiger partial charge in [-0.2, -0.15) is 0 Å². The molecule has 0 aromatic heterocycles. The lowest BCUT2D eigenvalue weighted by atomic mass is 9.99. The fourth-order valence-corrected chi connectivity index (χ4v) is 15.1. The van der Waals surface area contributed by atoms with Crippen LogP contribution in [0.2, 0.25) is 0 Å². The van der Waals surface area contributed by atoms with E-state index in [9.17, 15) is 43.2 Å². The third-order valence-corrected chi connectivity index (χ3v) is 22.7. The quantitative estimate of drug-likeness (QED) is 0.0222. The number of aliphatic hydroxyl groups is 1. The van der Waals surface area contributed by atoms with E-state index in [1.165, 1.54) is 283 Å². The lowest BCUT2D eigenvalue weighted by molar-refractivity contribution is -0.161. The number of unbranched alkanes of at least 4 members (excludes halogenated alkanes) is 55. The first-order chi connectivity index (χ1) is 51.4. The van der Waals surface area contributed by atoms with E-state index in [2.05, 4.69) is 41.5 Å². The summed E-state index contributed by atoms with van der Waals surface area (Å²) in [6, 6.07) is 0. The molecular formula is C87H170O17P2. The van der Waals surface area contributed by atoms with Crippen LogP contribution in [0.3, 0.4) is 0 Å². The Morgan fingerprint density at radius 1 is 0.274 bits per heavy atom. The van der Waals surface area contributed by atoms with Gasteiger partial charge >= 0.3 is 39.5 Å². The summed E-state index contributed by atoms with van der Waals surface area (Å²) in [7, 11) is -9.92. The van der Waals surface area contributed by atoms with Crippen LogP contribution in [0.25, 0.3) is 0 Å². The highest BCUT2D eigenvalue weighted by Gasteiger charge is 2.30. The zero-order chi connectivity index (χ0) is 77.8. The topological polar surface area (TPSA) is 237 Å². The highest BCUT2D eigenvalue weighted by atomic mass is 31.2. The van der Waals surface area contributed by atoms with E-state index in [1.54, 1.807) is 0 Å². The Morgan fingerprint density at radius 2 is 0.481 bits per heavy atom. The first kappa shape index (κ1) is 104. The number of carbonyl (C=O) groups excluding carboxylic acids is 4. The molecule has 0 rings (SSSR count). The van der Waals surface area contributed by atoms with Crippen molar-refractivity contribution in [3.63, 3.8) is 0 Å². The van der Waals surface area contributed by atoms with Gasteiger partial charge in [0.15, 0.2) is 12.2 Å². The summed E-state index contributed by atoms with van der Waals surface area (Å²) >= 11 is 0. The van der Waals surface area contributed by atoms with Crippen LogP contribution in [-0.2, 0) is 65.4 Å². The molecule has 0 radical (unpaired) electrons. The number of hydrogen-bond donors (Lipinski definition) is 3. The van der Waals surface area contributed by atoms with Crippen molar-refractivity contribution in [2.75, 3.05) is 39.6 Å². The molecule has 0 aliphatic rings. The molecule has 0 fully saturated rings. The van der Waals surface area contributed by atoms with E-state index >= 15 is 0 Å². The summed E-state index contributed by atoms with van der Waals surface area (Å²) in [4.78, 5) is 73.2. The van der Waals surface area contributed by atoms with Gasteiger partial charge in [-0.1, -0.05) is 414 Å². The lowest BCUT2D eigenvalue weighted by Crippen LogP contribution is -2.30. The molecule has 0 bridgehead atoms. The largest absolute Gasteiger partial charge is 0.472 e. The average Bonchev–Trinajstić information content (AvgIpc) is 0.901. The number of rotatable bonds is 86. The Kier molecular flexibility index (Phi) is 76.9. The summed E-state index contributed by atoms with van der Waals surface area (Å²) in [5.74, 6) is -0.497. The minimum absolute atomic E-state index is 0.106. The number of ether oxygens (including phenoxy) is 4. The van der Waals surface area contributed by atoms with Crippen molar-refractivity contribution in [2.24, 2.45) is 11.8 Å². The van der Waals surface area contributed by atoms with E-state index in [4.69, 9.17) is 37.0 Å². The molecule has 19 heteroatoms. The van der Waals surface area contributed by atoms with Crippen LogP contribution < -0.4 is 0 Å². The van der Waals surface area contributed by atoms with Gasteiger partial charge in [-0.3, -0.25) is 37.3 Å². The maximum atomic E-state index is 13.2. The smallest absolute Gasteiger partial charge is 0.462 e. The molecular weight excluding hydrogens is 1380 g/mol. The molecule has 0 aromatic rings. The van der Waals surface area contributed by atoms with E-state index in [-0.39, 0.29) is 25.7 Å². The Morgan fingerprint density at radius 3 is 0.717 bits per heavy atom. The monoisotopic (exact) mass is 1550 g/mol. The van der Waals surface area contributed by atoms with E-state index in [0.29, 0.717) is 25.7 Å². The number of phosphoric ester groups is 2. The van der Waals surface area contributed by atoms with Gasteiger partial charge in [0.25, 0.3) is 0 Å². The second kappa shape index (κ2) is 78.3. The third-order valence-electron chi connectivity index (χ3n) is 20.8. The van der Waals surface area contributed by atoms with Gasteiger partial charge in [0, 0.05) is 25.7 Å². The molecule has 3 unspecified atom stereocenters. The molecule has 3 N–H and O–H groups in total. The summed E-state index contributed by atoms with van der Waals surface area (Å²) in [5.41, 5.74) is 0. The predicted octanol–water partition coefficient (Wildman–Crippen LogP) is 26.6. The molecule has 106 heavy (non-hydrogen) atoms. The first-order valence-corrected chi connectivity index (χ1v) is 48.0. The second-order valence-corrected chi connectivity index (χ2v) is 34.9. The molecule has 0 aromatic carbocycles. The maximum absolute atomic E-state index is 13.2. The molecule has 6 atom stereocenters. The number of phosphoric acid groups is 2. The van der Waals surface area contributed by atoms with Crippen LogP contribution in [0, 0.1) is 11.8 Å². The average molecular weight is 1550 g/mol. The standard InChI is InChI=1S/C87H170O17P2/c1-7-10-12-14-16-18-20-21-22-23-24-25-26-27-31-34-37-40-46-52-58-64-70-85(90)98-76-82(103-86(91)71-65-59-53-47-41-38-35-32-29-28-30-33-36-39-44-50-56-62-68-80(6)9-3)77-101-105(93,94)99-73-81(88)74-100-106(95,96)102-78-83(75-97-84(89)69-63-57-51-45-19-17-15-13-11-8-2)104-87(92)72-66-60-54-48-42-43-49-55-61-67-79(4)5/h79-83,88H,7-78H2,1-6H3,(H,93,94)(H,95,96)/t80?,81-,82-,83-/m1/s1. The Labute approximate surface area is 651 Å². The fraction of sp³-hybridized carbons (Fsp3) is 0.954. The minimum Gasteiger partial charge on any atom is -0.462 e. The Balaban J connectivity index is 5.18. The summed E-state index contributed by atoms with van der Waals surface area (Å²) in [5, 5.41) is 10.7. The van der Waals surface area contributed by atoms with E-state index < -0.39 is 97.5 Å². The summed E-state index contributed by atoms with van der Waals surface area (Å²) in [6.07, 6.45) is 71.0. The predicted molar refractivity (Wildman–Crippen MR) is 437 cm³/mol. The van der Waals surface area contributed by atoms with E-state index in [1.807, 2.05) is 0 Å². The number of esters is 4. The van der Waals surface area contributed by atoms with Gasteiger partial charge in [-0.05, 0) is 37.5 Å². The van der Waals surface area contributed by atoms with Gasteiger partial charge in [-0.15, -0.1) is 0 Å². The highest BCUT2D eigenvalue weighted by Crippen LogP contribution is 2.45. The summed E-state index contributed by atoms with van der Waals surface area (Å²) in [6.45, 7) is 9.70. The van der Waals surface area contributed by atoms with Gasteiger partial charge in [0.05, 0.1) is 26.4 Å². The van der Waals surface area contributed by atoms with Crippen LogP contribution in [0.1, 0.15) is 465 Å². The first-order valence-electron chi connectivity index (χ1n) is 45.0. The molecule has 0 heterocycles. The number of carbonyl (C=O) groups is 4. The maximum Gasteiger partial charge on any atom is 0.472 e. The molecule has 0 aliphatic carbocycles. The fourth-order valence-electron chi connectivity index (χ4n) is 13.6. The highest BCUT2D eigenvalue weighted by molar-refractivity contribution is 7.47. The van der Waals surface area contributed by atoms with Crippen molar-refractivity contribution in [1.82, 2.24) is 0 Å². The van der Waals surface area contributed by atoms with Crippen molar-refractivity contribution in [3.8, 4) is 0 Å². The van der Waals surface area contributed by atoms with Gasteiger partial charge in [0.2, 0.25) is 0 Å². The Hall–Kier alpha value is -1.94. The van der Waals surface area contributed by atoms with Crippen molar-refractivity contribution in [3.05, 3.63) is 0 Å². The van der Waals surface area contributed by atoms with E-state index in [0.717, 1.165) is 102 Å². The zero-order valence-electron chi connectivity index (χ0n) is 69.7. The lowest BCUT2D eigenvalue weighted by Gasteiger charge is -2.21. The molecule has 0 aliphatic heterocycles. The third kappa shape index (κ3) is 78.7. The van der Waals surface area contributed by atoms with Crippen molar-refractivity contribution in [1.29, 1.82) is 0 Å². The van der Waals surface area contributed by atoms with Gasteiger partial charge in [0.1, 0.15) is 19.3 Å². The molecule has 0 amide bonds. The summed E-state index contributed by atoms with van der Waals surface area (Å²) < 4.78 is 68.8. The molecule has 17 nitrogen and oxygen atoms in total. The normalized spacial score (nSPS) is 14.1. The zero-order valence-corrected chi connectivity index (χ0v) is 71.5. The number of aliphatic hydroxyl groups excluding tert-OH is 1. The second-order valence-electron chi connectivity index (χ2n) is 32.0. The molecule has 0 saturated heterocycles. The van der Waals surface area contributed by atoms with Crippen molar-refractivity contribution < 1.29 is 80.2 Å². The molecule has 0 saturated carbocycles. The van der Waals surface area contributed by atoms with Crippen LogP contribution in [-0.4, -0.2) is 96.7 Å². The van der Waals surface area contributed by atoms with Crippen LogP contribution in [0.4, 0.5) is 0 Å². The number of hydrogen-bond acceptors (Lipinski definition) is 15. The van der Waals surface area contributed by atoms with Crippen LogP contribution in [0.15, 0.2) is 0 Å². The molecule has 630 valence electrons.